The zero-order valence-corrected chi connectivity index (χ0v) is 15.8. The summed E-state index contributed by atoms with van der Waals surface area (Å²) in [5.41, 5.74) is 3.22. The van der Waals surface area contributed by atoms with Crippen LogP contribution in [0.2, 0.25) is 0 Å². The molecule has 0 bridgehead atoms. The van der Waals surface area contributed by atoms with Crippen LogP contribution >= 0.6 is 0 Å². The first-order chi connectivity index (χ1) is 12.4. The van der Waals surface area contributed by atoms with E-state index in [1.165, 1.54) is 0 Å². The summed E-state index contributed by atoms with van der Waals surface area (Å²) in [6, 6.07) is 11.9. The molecule has 0 aliphatic carbocycles. The lowest BCUT2D eigenvalue weighted by Gasteiger charge is -2.18. The highest BCUT2D eigenvalue weighted by Crippen LogP contribution is 2.30. The largest absolute Gasteiger partial charge is 0.338 e. The van der Waals surface area contributed by atoms with Crippen LogP contribution in [0.5, 0.6) is 0 Å². The first kappa shape index (κ1) is 18.3. The van der Waals surface area contributed by atoms with Crippen LogP contribution in [0.3, 0.4) is 0 Å². The van der Waals surface area contributed by atoms with Gasteiger partial charge < -0.3 is 5.32 Å². The minimum Gasteiger partial charge on any atom is -0.338 e. The SMILES string of the molecule is CCCNC(=O)N1CCc2cc(S(=O)(=O)Nc3ccc(C)cc3)ccc21. The molecule has 26 heavy (non-hydrogen) atoms. The minimum absolute atomic E-state index is 0.140. The van der Waals surface area contributed by atoms with E-state index in [9.17, 15) is 13.2 Å². The van der Waals surface area contributed by atoms with Gasteiger partial charge >= 0.3 is 6.03 Å². The van der Waals surface area contributed by atoms with E-state index in [0.717, 1.165) is 23.2 Å². The first-order valence-electron chi connectivity index (χ1n) is 8.68. The van der Waals surface area contributed by atoms with Gasteiger partial charge in [0.2, 0.25) is 0 Å². The quantitative estimate of drug-likeness (QED) is 0.844. The number of sulfonamides is 1. The second-order valence-corrected chi connectivity index (χ2v) is 8.08. The summed E-state index contributed by atoms with van der Waals surface area (Å²) in [4.78, 5) is 14.1. The lowest BCUT2D eigenvalue weighted by Crippen LogP contribution is -2.39. The number of carbonyl (C=O) groups is 1. The van der Waals surface area contributed by atoms with Gasteiger partial charge in [-0.25, -0.2) is 13.2 Å². The van der Waals surface area contributed by atoms with Crippen molar-refractivity contribution in [1.29, 1.82) is 0 Å². The van der Waals surface area contributed by atoms with Crippen molar-refractivity contribution >= 4 is 27.4 Å². The number of carbonyl (C=O) groups excluding carboxylic acids is 1. The van der Waals surface area contributed by atoms with E-state index in [1.54, 1.807) is 35.2 Å². The smallest absolute Gasteiger partial charge is 0.321 e. The van der Waals surface area contributed by atoms with Crippen molar-refractivity contribution in [2.75, 3.05) is 22.7 Å². The van der Waals surface area contributed by atoms with Crippen molar-refractivity contribution in [2.45, 2.75) is 31.6 Å². The molecular formula is C19H23N3O3S. The third-order valence-electron chi connectivity index (χ3n) is 4.33. The molecule has 3 rings (SSSR count). The van der Waals surface area contributed by atoms with Crippen molar-refractivity contribution in [2.24, 2.45) is 0 Å². The van der Waals surface area contributed by atoms with Crippen molar-refractivity contribution in [3.05, 3.63) is 53.6 Å². The Bertz CT molecular complexity index is 908. The molecule has 0 aromatic heterocycles. The minimum atomic E-state index is -3.67. The molecule has 1 aliphatic heterocycles. The Kier molecular flexibility index (Phi) is 5.18. The maximum atomic E-state index is 12.6. The molecule has 0 unspecified atom stereocenters. The van der Waals surface area contributed by atoms with E-state index in [0.29, 0.717) is 25.2 Å². The van der Waals surface area contributed by atoms with Crippen LogP contribution in [0.15, 0.2) is 47.4 Å². The molecule has 0 spiro atoms. The van der Waals surface area contributed by atoms with E-state index in [4.69, 9.17) is 0 Å². The monoisotopic (exact) mass is 373 g/mol. The summed E-state index contributed by atoms with van der Waals surface area (Å²) in [5, 5.41) is 2.85. The van der Waals surface area contributed by atoms with Gasteiger partial charge in [0.05, 0.1) is 4.90 Å². The van der Waals surface area contributed by atoms with Gasteiger partial charge in [-0.1, -0.05) is 24.6 Å². The lowest BCUT2D eigenvalue weighted by molar-refractivity contribution is 0.247. The lowest BCUT2D eigenvalue weighted by atomic mass is 10.2. The molecule has 0 atom stereocenters. The molecule has 6 nitrogen and oxygen atoms in total. The van der Waals surface area contributed by atoms with Crippen LogP contribution in [0.4, 0.5) is 16.2 Å². The molecule has 0 radical (unpaired) electrons. The zero-order valence-electron chi connectivity index (χ0n) is 15.0. The van der Waals surface area contributed by atoms with E-state index in [2.05, 4.69) is 10.0 Å². The van der Waals surface area contributed by atoms with Gasteiger partial charge in [0, 0.05) is 24.5 Å². The predicted octanol–water partition coefficient (Wildman–Crippen LogP) is 3.28. The van der Waals surface area contributed by atoms with Crippen molar-refractivity contribution in [3.8, 4) is 0 Å². The van der Waals surface area contributed by atoms with Crippen LogP contribution in [-0.4, -0.2) is 27.5 Å². The average molecular weight is 373 g/mol. The van der Waals surface area contributed by atoms with Crippen LogP contribution in [0.25, 0.3) is 0 Å². The molecule has 0 saturated carbocycles. The highest BCUT2D eigenvalue weighted by Gasteiger charge is 2.26. The van der Waals surface area contributed by atoms with E-state index >= 15 is 0 Å². The number of nitrogens with one attached hydrogen (secondary N) is 2. The van der Waals surface area contributed by atoms with E-state index in [-0.39, 0.29) is 10.9 Å². The zero-order chi connectivity index (χ0) is 18.7. The molecule has 138 valence electrons. The third-order valence-corrected chi connectivity index (χ3v) is 5.71. The van der Waals surface area contributed by atoms with Crippen molar-refractivity contribution < 1.29 is 13.2 Å². The standard InChI is InChI=1S/C19H23N3O3S/c1-3-11-20-19(23)22-12-10-15-13-17(8-9-18(15)22)26(24,25)21-16-6-4-14(2)5-7-16/h4-9,13,21H,3,10-12H2,1-2H3,(H,20,23). The summed E-state index contributed by atoms with van der Waals surface area (Å²) in [7, 11) is -3.67. The molecular weight excluding hydrogens is 350 g/mol. The van der Waals surface area contributed by atoms with Crippen LogP contribution < -0.4 is 14.9 Å². The van der Waals surface area contributed by atoms with Gasteiger partial charge in [0.15, 0.2) is 0 Å². The fraction of sp³-hybridized carbons (Fsp3) is 0.316. The molecule has 0 fully saturated rings. The fourth-order valence-electron chi connectivity index (χ4n) is 2.92. The van der Waals surface area contributed by atoms with Gasteiger partial charge in [-0.2, -0.15) is 0 Å². The highest BCUT2D eigenvalue weighted by molar-refractivity contribution is 7.92. The molecule has 1 heterocycles. The number of hydrogen-bond acceptors (Lipinski definition) is 3. The number of fused-ring (bicyclic) bond motifs is 1. The summed E-state index contributed by atoms with van der Waals surface area (Å²) >= 11 is 0. The van der Waals surface area contributed by atoms with Gasteiger partial charge in [-0.3, -0.25) is 9.62 Å². The average Bonchev–Trinajstić information content (AvgIpc) is 3.05. The normalized spacial score (nSPS) is 13.4. The van der Waals surface area contributed by atoms with Crippen LogP contribution in [-0.2, 0) is 16.4 Å². The van der Waals surface area contributed by atoms with Gasteiger partial charge in [0.25, 0.3) is 10.0 Å². The molecule has 2 aromatic rings. The number of benzene rings is 2. The Morgan fingerprint density at radius 2 is 1.88 bits per heavy atom. The number of anilines is 2. The second kappa shape index (κ2) is 7.37. The Morgan fingerprint density at radius 1 is 1.15 bits per heavy atom. The number of nitrogens with zero attached hydrogens (tertiary/aromatic N) is 1. The van der Waals surface area contributed by atoms with Gasteiger partial charge in [-0.15, -0.1) is 0 Å². The maximum Gasteiger partial charge on any atom is 0.321 e. The maximum absolute atomic E-state index is 12.6. The number of hydrogen-bond donors (Lipinski definition) is 2. The van der Waals surface area contributed by atoms with Crippen LogP contribution in [0, 0.1) is 6.92 Å². The number of amides is 2. The second-order valence-electron chi connectivity index (χ2n) is 6.40. The van der Waals surface area contributed by atoms with E-state index in [1.807, 2.05) is 26.0 Å². The Morgan fingerprint density at radius 3 is 2.58 bits per heavy atom. The summed E-state index contributed by atoms with van der Waals surface area (Å²) in [6.45, 7) is 5.12. The number of aryl methyl sites for hydroxylation is 1. The van der Waals surface area contributed by atoms with Crippen molar-refractivity contribution in [3.63, 3.8) is 0 Å². The molecule has 1 aliphatic rings. The Hall–Kier alpha value is -2.54. The first-order valence-corrected chi connectivity index (χ1v) is 10.2. The fourth-order valence-corrected chi connectivity index (χ4v) is 4.03. The number of urea groups is 1. The molecule has 2 aromatic carbocycles. The van der Waals surface area contributed by atoms with Crippen molar-refractivity contribution in [1.82, 2.24) is 5.32 Å². The Balaban J connectivity index is 1.80. The molecule has 0 saturated heterocycles. The topological polar surface area (TPSA) is 78.5 Å². The van der Waals surface area contributed by atoms with Gasteiger partial charge in [-0.05, 0) is 55.7 Å². The van der Waals surface area contributed by atoms with Crippen LogP contribution in [0.1, 0.15) is 24.5 Å². The summed E-state index contributed by atoms with van der Waals surface area (Å²) in [6.07, 6.45) is 1.51. The van der Waals surface area contributed by atoms with Gasteiger partial charge in [0.1, 0.15) is 0 Å². The Labute approximate surface area is 154 Å². The number of rotatable bonds is 5. The summed E-state index contributed by atoms with van der Waals surface area (Å²) < 4.78 is 27.9. The van der Waals surface area contributed by atoms with E-state index < -0.39 is 10.0 Å². The predicted molar refractivity (Wildman–Crippen MR) is 103 cm³/mol. The molecule has 2 N–H and O–H groups in total. The molecule has 2 amide bonds. The highest BCUT2D eigenvalue weighted by atomic mass is 32.2. The third kappa shape index (κ3) is 3.83. The molecule has 7 heteroatoms. The summed E-state index contributed by atoms with van der Waals surface area (Å²) in [5.74, 6) is 0.